The molecule has 17 heavy (non-hydrogen) atoms. The number of rotatable bonds is 2. The maximum atomic E-state index is 12.3. The quantitative estimate of drug-likeness (QED) is 0.901. The second-order valence-corrected chi connectivity index (χ2v) is 6.48. The van der Waals surface area contributed by atoms with Gasteiger partial charge >= 0.3 is 0 Å². The van der Waals surface area contributed by atoms with Gasteiger partial charge in [-0.3, -0.25) is 0 Å². The Bertz CT molecular complexity index is 513. The minimum absolute atomic E-state index is 0.116. The van der Waals surface area contributed by atoms with E-state index in [4.69, 9.17) is 23.2 Å². The Balaban J connectivity index is 2.37. The summed E-state index contributed by atoms with van der Waals surface area (Å²) in [5.74, 6) is 0. The Kier molecular flexibility index (Phi) is 3.95. The molecule has 1 aliphatic heterocycles. The smallest absolute Gasteiger partial charge is 0.244 e. The second-order valence-electron chi connectivity index (χ2n) is 3.73. The third kappa shape index (κ3) is 2.74. The number of hydrogen-bond acceptors (Lipinski definition) is 3. The summed E-state index contributed by atoms with van der Waals surface area (Å²) < 4.78 is 26.0. The number of sulfonamides is 1. The van der Waals surface area contributed by atoms with Crippen molar-refractivity contribution in [3.63, 3.8) is 0 Å². The van der Waals surface area contributed by atoms with Crippen molar-refractivity contribution < 1.29 is 8.42 Å². The van der Waals surface area contributed by atoms with E-state index in [9.17, 15) is 8.42 Å². The van der Waals surface area contributed by atoms with Gasteiger partial charge in [0.1, 0.15) is 4.90 Å². The summed E-state index contributed by atoms with van der Waals surface area (Å²) in [6.07, 6.45) is 0. The molecule has 1 aliphatic rings. The van der Waals surface area contributed by atoms with Crippen LogP contribution in [0.1, 0.15) is 0 Å². The lowest BCUT2D eigenvalue weighted by atomic mass is 10.4. The minimum atomic E-state index is -3.51. The van der Waals surface area contributed by atoms with Crippen molar-refractivity contribution in [3.05, 3.63) is 28.2 Å². The van der Waals surface area contributed by atoms with Crippen LogP contribution < -0.4 is 5.32 Å². The zero-order valence-electron chi connectivity index (χ0n) is 8.99. The SMILES string of the molecule is O=S(=O)(c1ccc(Cl)cc1Cl)N1CCNCC1. The van der Waals surface area contributed by atoms with E-state index in [0.29, 0.717) is 31.2 Å². The zero-order valence-corrected chi connectivity index (χ0v) is 11.3. The Hall–Kier alpha value is -0.330. The van der Waals surface area contributed by atoms with Crippen LogP contribution in [0.15, 0.2) is 23.1 Å². The topological polar surface area (TPSA) is 49.4 Å². The van der Waals surface area contributed by atoms with Crippen LogP contribution in [0.3, 0.4) is 0 Å². The van der Waals surface area contributed by atoms with Crippen LogP contribution in [-0.2, 0) is 10.0 Å². The van der Waals surface area contributed by atoms with E-state index in [-0.39, 0.29) is 9.92 Å². The van der Waals surface area contributed by atoms with Crippen molar-refractivity contribution in [3.8, 4) is 0 Å². The Morgan fingerprint density at radius 3 is 2.41 bits per heavy atom. The van der Waals surface area contributed by atoms with Gasteiger partial charge in [0.05, 0.1) is 5.02 Å². The van der Waals surface area contributed by atoms with Crippen LogP contribution in [0.2, 0.25) is 10.0 Å². The van der Waals surface area contributed by atoms with Gasteiger partial charge in [0.25, 0.3) is 0 Å². The molecular weight excluding hydrogens is 283 g/mol. The van der Waals surface area contributed by atoms with Crippen LogP contribution in [0.4, 0.5) is 0 Å². The van der Waals surface area contributed by atoms with Crippen LogP contribution in [0.25, 0.3) is 0 Å². The molecule has 1 aromatic carbocycles. The number of piperazine rings is 1. The molecule has 0 aliphatic carbocycles. The highest BCUT2D eigenvalue weighted by Crippen LogP contribution is 2.27. The molecule has 1 fully saturated rings. The van der Waals surface area contributed by atoms with E-state index in [1.165, 1.54) is 22.5 Å². The predicted molar refractivity (Wildman–Crippen MR) is 68.1 cm³/mol. The summed E-state index contributed by atoms with van der Waals surface area (Å²) in [4.78, 5) is 0.116. The average molecular weight is 295 g/mol. The first-order valence-electron chi connectivity index (χ1n) is 5.18. The third-order valence-corrected chi connectivity index (χ3v) is 5.20. The van der Waals surface area contributed by atoms with E-state index in [1.54, 1.807) is 0 Å². The Morgan fingerprint density at radius 2 is 1.82 bits per heavy atom. The molecule has 2 rings (SSSR count). The van der Waals surface area contributed by atoms with Gasteiger partial charge in [0.15, 0.2) is 0 Å². The summed E-state index contributed by atoms with van der Waals surface area (Å²) >= 11 is 11.7. The lowest BCUT2D eigenvalue weighted by Gasteiger charge is -2.26. The predicted octanol–water partition coefficient (Wildman–Crippen LogP) is 1.59. The van der Waals surface area contributed by atoms with Gasteiger partial charge in [-0.1, -0.05) is 23.2 Å². The number of hydrogen-bond donors (Lipinski definition) is 1. The van der Waals surface area contributed by atoms with E-state index in [2.05, 4.69) is 5.32 Å². The molecule has 0 unspecified atom stereocenters. The third-order valence-electron chi connectivity index (χ3n) is 2.59. The summed E-state index contributed by atoms with van der Waals surface area (Å²) in [7, 11) is -3.51. The summed E-state index contributed by atoms with van der Waals surface area (Å²) in [5.41, 5.74) is 0. The molecule has 1 N–H and O–H groups in total. The highest BCUT2D eigenvalue weighted by atomic mass is 35.5. The molecule has 0 atom stereocenters. The van der Waals surface area contributed by atoms with Crippen molar-refractivity contribution in [2.75, 3.05) is 26.2 Å². The molecule has 4 nitrogen and oxygen atoms in total. The second kappa shape index (κ2) is 5.12. The first-order chi connectivity index (χ1) is 8.01. The van der Waals surface area contributed by atoms with Crippen LogP contribution in [-0.4, -0.2) is 38.9 Å². The summed E-state index contributed by atoms with van der Waals surface area (Å²) in [6.45, 7) is 2.23. The van der Waals surface area contributed by atoms with E-state index >= 15 is 0 Å². The first-order valence-corrected chi connectivity index (χ1v) is 7.37. The molecule has 7 heteroatoms. The van der Waals surface area contributed by atoms with Gasteiger partial charge < -0.3 is 5.32 Å². The first kappa shape index (κ1) is 13.1. The lowest BCUT2D eigenvalue weighted by molar-refractivity contribution is 0.360. The highest BCUT2D eigenvalue weighted by Gasteiger charge is 2.27. The van der Waals surface area contributed by atoms with Gasteiger partial charge in [-0.05, 0) is 18.2 Å². The molecule has 1 aromatic rings. The maximum absolute atomic E-state index is 12.3. The van der Waals surface area contributed by atoms with Gasteiger partial charge in [0.2, 0.25) is 10.0 Å². The molecule has 0 saturated carbocycles. The van der Waals surface area contributed by atoms with Crippen molar-refractivity contribution in [2.45, 2.75) is 4.90 Å². The molecule has 0 radical (unpaired) electrons. The van der Waals surface area contributed by atoms with E-state index < -0.39 is 10.0 Å². The zero-order chi connectivity index (χ0) is 12.5. The standard InChI is InChI=1S/C10H12Cl2N2O2S/c11-8-1-2-10(9(12)7-8)17(15,16)14-5-3-13-4-6-14/h1-2,7,13H,3-6H2. The minimum Gasteiger partial charge on any atom is -0.314 e. The van der Waals surface area contributed by atoms with Gasteiger partial charge in [0, 0.05) is 31.2 Å². The van der Waals surface area contributed by atoms with E-state index in [0.717, 1.165) is 0 Å². The van der Waals surface area contributed by atoms with Gasteiger partial charge in [-0.25, -0.2) is 8.42 Å². The number of halogens is 2. The molecule has 0 spiro atoms. The monoisotopic (exact) mass is 294 g/mol. The summed E-state index contributed by atoms with van der Waals surface area (Å²) in [6, 6.07) is 4.42. The largest absolute Gasteiger partial charge is 0.314 e. The van der Waals surface area contributed by atoms with Crippen LogP contribution >= 0.6 is 23.2 Å². The number of benzene rings is 1. The normalized spacial score (nSPS) is 18.2. The fraction of sp³-hybridized carbons (Fsp3) is 0.400. The molecule has 0 aromatic heterocycles. The maximum Gasteiger partial charge on any atom is 0.244 e. The average Bonchev–Trinajstić information content (AvgIpc) is 2.29. The molecule has 1 saturated heterocycles. The molecular formula is C10H12Cl2N2O2S. The van der Waals surface area contributed by atoms with Crippen LogP contribution in [0.5, 0.6) is 0 Å². The lowest BCUT2D eigenvalue weighted by Crippen LogP contribution is -2.46. The fourth-order valence-electron chi connectivity index (χ4n) is 1.71. The van der Waals surface area contributed by atoms with Crippen molar-refractivity contribution in [1.82, 2.24) is 9.62 Å². The number of nitrogens with one attached hydrogen (secondary N) is 1. The molecule has 1 heterocycles. The van der Waals surface area contributed by atoms with Crippen molar-refractivity contribution in [1.29, 1.82) is 0 Å². The van der Waals surface area contributed by atoms with Crippen molar-refractivity contribution in [2.24, 2.45) is 0 Å². The molecule has 0 amide bonds. The van der Waals surface area contributed by atoms with Crippen molar-refractivity contribution >= 4 is 33.2 Å². The summed E-state index contributed by atoms with van der Waals surface area (Å²) in [5, 5.41) is 3.69. The van der Waals surface area contributed by atoms with Crippen LogP contribution in [0, 0.1) is 0 Å². The molecule has 0 bridgehead atoms. The Morgan fingerprint density at radius 1 is 1.18 bits per heavy atom. The number of nitrogens with zero attached hydrogens (tertiary/aromatic N) is 1. The van der Waals surface area contributed by atoms with Gasteiger partial charge in [-0.2, -0.15) is 4.31 Å². The van der Waals surface area contributed by atoms with E-state index in [1.807, 2.05) is 0 Å². The molecule has 94 valence electrons. The van der Waals surface area contributed by atoms with Gasteiger partial charge in [-0.15, -0.1) is 0 Å². The fourth-order valence-corrected chi connectivity index (χ4v) is 3.90. The highest BCUT2D eigenvalue weighted by molar-refractivity contribution is 7.89. The Labute approximate surface area is 111 Å².